The molecule has 1 aliphatic heterocycles. The highest BCUT2D eigenvalue weighted by Crippen LogP contribution is 2.28. The summed E-state index contributed by atoms with van der Waals surface area (Å²) < 4.78 is 0. The highest BCUT2D eigenvalue weighted by atomic mass is 16.4. The highest BCUT2D eigenvalue weighted by Gasteiger charge is 2.43. The van der Waals surface area contributed by atoms with Gasteiger partial charge in [-0.3, -0.25) is 4.79 Å². The van der Waals surface area contributed by atoms with Crippen molar-refractivity contribution in [3.63, 3.8) is 0 Å². The van der Waals surface area contributed by atoms with E-state index in [1.807, 2.05) is 30.3 Å². The number of hydrogen-bond donors (Lipinski definition) is 1. The standard InChI is InChI=1S/C16H17NO3/c1-16(15(19)20)11-5-6-12-17(16)14(18)10-9-13-7-3-2-4-8-13/h2-4,7-8H,5-6,11-12H2,1H3,(H,19,20). The fourth-order valence-electron chi connectivity index (χ4n) is 2.38. The Morgan fingerprint density at radius 1 is 1.25 bits per heavy atom. The van der Waals surface area contributed by atoms with Crippen LogP contribution in [0.5, 0.6) is 0 Å². The first-order chi connectivity index (χ1) is 9.54. The molecular weight excluding hydrogens is 254 g/mol. The summed E-state index contributed by atoms with van der Waals surface area (Å²) in [4.78, 5) is 25.0. The van der Waals surface area contributed by atoms with Gasteiger partial charge in [-0.1, -0.05) is 24.1 Å². The fourth-order valence-corrected chi connectivity index (χ4v) is 2.38. The minimum Gasteiger partial charge on any atom is -0.480 e. The first-order valence-corrected chi connectivity index (χ1v) is 6.66. The number of likely N-dealkylation sites (tertiary alicyclic amines) is 1. The number of carbonyl (C=O) groups excluding carboxylic acids is 1. The molecule has 0 aliphatic carbocycles. The summed E-state index contributed by atoms with van der Waals surface area (Å²) in [5.41, 5.74) is -0.393. The van der Waals surface area contributed by atoms with E-state index >= 15 is 0 Å². The number of carbonyl (C=O) groups is 2. The summed E-state index contributed by atoms with van der Waals surface area (Å²) in [5, 5.41) is 9.36. The van der Waals surface area contributed by atoms with Crippen molar-refractivity contribution in [1.29, 1.82) is 0 Å². The van der Waals surface area contributed by atoms with E-state index in [0.29, 0.717) is 13.0 Å². The van der Waals surface area contributed by atoms with Gasteiger partial charge in [0.15, 0.2) is 0 Å². The maximum Gasteiger partial charge on any atom is 0.329 e. The third-order valence-electron chi connectivity index (χ3n) is 3.68. The van der Waals surface area contributed by atoms with Gasteiger partial charge in [-0.25, -0.2) is 4.79 Å². The molecule has 1 aromatic rings. The average molecular weight is 271 g/mol. The molecule has 0 radical (unpaired) electrons. The first kappa shape index (κ1) is 14.1. The molecule has 1 amide bonds. The third-order valence-corrected chi connectivity index (χ3v) is 3.68. The van der Waals surface area contributed by atoms with Crippen molar-refractivity contribution in [1.82, 2.24) is 4.90 Å². The normalized spacial score (nSPS) is 21.8. The van der Waals surface area contributed by atoms with E-state index in [0.717, 1.165) is 18.4 Å². The van der Waals surface area contributed by atoms with Gasteiger partial charge < -0.3 is 10.0 Å². The van der Waals surface area contributed by atoms with Gasteiger partial charge in [-0.2, -0.15) is 0 Å². The molecule has 1 heterocycles. The molecule has 1 unspecified atom stereocenters. The molecule has 20 heavy (non-hydrogen) atoms. The molecule has 0 bridgehead atoms. The van der Waals surface area contributed by atoms with Crippen LogP contribution in [0.4, 0.5) is 0 Å². The van der Waals surface area contributed by atoms with Gasteiger partial charge in [0, 0.05) is 18.0 Å². The van der Waals surface area contributed by atoms with E-state index in [1.54, 1.807) is 6.92 Å². The van der Waals surface area contributed by atoms with Crippen molar-refractivity contribution in [2.75, 3.05) is 6.54 Å². The molecule has 1 fully saturated rings. The number of amides is 1. The first-order valence-electron chi connectivity index (χ1n) is 6.66. The smallest absolute Gasteiger partial charge is 0.329 e. The number of carboxylic acid groups (broad SMARTS) is 1. The Balaban J connectivity index is 2.19. The summed E-state index contributed by atoms with van der Waals surface area (Å²) in [6.07, 6.45) is 2.11. The maximum absolute atomic E-state index is 12.2. The van der Waals surface area contributed by atoms with E-state index in [9.17, 15) is 14.7 Å². The van der Waals surface area contributed by atoms with Crippen molar-refractivity contribution in [3.05, 3.63) is 35.9 Å². The second kappa shape index (κ2) is 5.79. The quantitative estimate of drug-likeness (QED) is 0.794. The van der Waals surface area contributed by atoms with Crippen molar-refractivity contribution in [2.45, 2.75) is 31.7 Å². The Labute approximate surface area is 118 Å². The molecule has 1 atom stereocenters. The van der Waals surface area contributed by atoms with E-state index in [1.165, 1.54) is 4.90 Å². The molecule has 1 N–H and O–H groups in total. The van der Waals surface area contributed by atoms with Crippen LogP contribution in [-0.4, -0.2) is 34.0 Å². The molecule has 1 aliphatic rings. The molecular formula is C16H17NO3. The SMILES string of the molecule is CC1(C(=O)O)CCCCN1C(=O)C#Cc1ccccc1. The van der Waals surface area contributed by atoms with Crippen molar-refractivity contribution in [2.24, 2.45) is 0 Å². The molecule has 1 saturated heterocycles. The number of rotatable bonds is 1. The zero-order chi connectivity index (χ0) is 14.6. The number of benzene rings is 1. The lowest BCUT2D eigenvalue weighted by atomic mass is 9.88. The molecule has 4 nitrogen and oxygen atoms in total. The minimum absolute atomic E-state index is 0.418. The Morgan fingerprint density at radius 2 is 1.95 bits per heavy atom. The lowest BCUT2D eigenvalue weighted by Gasteiger charge is -2.40. The number of hydrogen-bond acceptors (Lipinski definition) is 2. The largest absolute Gasteiger partial charge is 0.480 e. The van der Waals surface area contributed by atoms with Crippen LogP contribution in [0.25, 0.3) is 0 Å². The Kier molecular flexibility index (Phi) is 4.09. The van der Waals surface area contributed by atoms with Crippen LogP contribution in [0, 0.1) is 11.8 Å². The lowest BCUT2D eigenvalue weighted by molar-refractivity contribution is -0.158. The topological polar surface area (TPSA) is 57.6 Å². The third kappa shape index (κ3) is 2.83. The second-order valence-corrected chi connectivity index (χ2v) is 5.11. The molecule has 4 heteroatoms. The van der Waals surface area contributed by atoms with Crippen LogP contribution < -0.4 is 0 Å². The van der Waals surface area contributed by atoms with Crippen LogP contribution in [0.15, 0.2) is 30.3 Å². The summed E-state index contributed by atoms with van der Waals surface area (Å²) in [6.45, 7) is 2.04. The molecule has 1 aromatic carbocycles. The van der Waals surface area contributed by atoms with Crippen LogP contribution in [0.3, 0.4) is 0 Å². The van der Waals surface area contributed by atoms with Gasteiger partial charge in [0.2, 0.25) is 0 Å². The zero-order valence-corrected chi connectivity index (χ0v) is 11.4. The lowest BCUT2D eigenvalue weighted by Crippen LogP contribution is -2.57. The molecule has 0 saturated carbocycles. The predicted octanol–water partition coefficient (Wildman–Crippen LogP) is 1.89. The van der Waals surface area contributed by atoms with Crippen LogP contribution in [0.1, 0.15) is 31.7 Å². The Morgan fingerprint density at radius 3 is 2.60 bits per heavy atom. The second-order valence-electron chi connectivity index (χ2n) is 5.11. The predicted molar refractivity (Wildman–Crippen MR) is 74.9 cm³/mol. The number of nitrogens with zero attached hydrogens (tertiary/aromatic N) is 1. The van der Waals surface area contributed by atoms with E-state index in [4.69, 9.17) is 0 Å². The maximum atomic E-state index is 12.2. The fraction of sp³-hybridized carbons (Fsp3) is 0.375. The summed E-state index contributed by atoms with van der Waals surface area (Å²) in [5.74, 6) is 3.95. The van der Waals surface area contributed by atoms with Gasteiger partial charge in [0.1, 0.15) is 5.54 Å². The molecule has 0 spiro atoms. The Bertz CT molecular complexity index is 570. The molecule has 0 aromatic heterocycles. The van der Waals surface area contributed by atoms with Crippen molar-refractivity contribution < 1.29 is 14.7 Å². The van der Waals surface area contributed by atoms with Crippen molar-refractivity contribution >= 4 is 11.9 Å². The van der Waals surface area contributed by atoms with E-state index in [2.05, 4.69) is 11.8 Å². The van der Waals surface area contributed by atoms with E-state index < -0.39 is 17.4 Å². The van der Waals surface area contributed by atoms with E-state index in [-0.39, 0.29) is 0 Å². The molecule has 104 valence electrons. The summed E-state index contributed by atoms with van der Waals surface area (Å²) in [6, 6.07) is 9.19. The monoisotopic (exact) mass is 271 g/mol. The summed E-state index contributed by atoms with van der Waals surface area (Å²) >= 11 is 0. The van der Waals surface area contributed by atoms with Gasteiger partial charge >= 0.3 is 5.97 Å². The van der Waals surface area contributed by atoms with Crippen LogP contribution in [-0.2, 0) is 9.59 Å². The van der Waals surface area contributed by atoms with Crippen LogP contribution >= 0.6 is 0 Å². The Hall–Kier alpha value is -2.28. The van der Waals surface area contributed by atoms with Gasteiger partial charge in [-0.15, -0.1) is 0 Å². The van der Waals surface area contributed by atoms with Gasteiger partial charge in [-0.05, 0) is 38.3 Å². The molecule has 2 rings (SSSR count). The average Bonchev–Trinajstić information content (AvgIpc) is 2.46. The summed E-state index contributed by atoms with van der Waals surface area (Å²) in [7, 11) is 0. The number of carboxylic acids is 1. The highest BCUT2D eigenvalue weighted by molar-refractivity contribution is 5.97. The van der Waals surface area contributed by atoms with Crippen LogP contribution in [0.2, 0.25) is 0 Å². The van der Waals surface area contributed by atoms with Crippen molar-refractivity contribution in [3.8, 4) is 11.8 Å². The van der Waals surface area contributed by atoms with Gasteiger partial charge in [0.25, 0.3) is 5.91 Å². The number of piperidine rings is 1. The van der Waals surface area contributed by atoms with Gasteiger partial charge in [0.05, 0.1) is 0 Å². The zero-order valence-electron chi connectivity index (χ0n) is 11.4. The minimum atomic E-state index is -1.14. The number of aliphatic carboxylic acids is 1.